The minimum atomic E-state index is -0.312. The molecule has 0 unspecified atom stereocenters. The molecule has 2 nitrogen and oxygen atoms in total. The quantitative estimate of drug-likeness (QED) is 0.542. The first-order chi connectivity index (χ1) is 3.13. The molecular formula is C5H7O2W-. The number of hydrogen-bond acceptors (Lipinski definition) is 2. The zero-order valence-electron chi connectivity index (χ0n) is 4.64. The first kappa shape index (κ1) is 10.8. The van der Waals surface area contributed by atoms with Gasteiger partial charge in [-0.25, -0.2) is 0 Å². The van der Waals surface area contributed by atoms with Crippen LogP contribution in [0.1, 0.15) is 13.3 Å². The van der Waals surface area contributed by atoms with Gasteiger partial charge in [-0.05, 0) is 6.92 Å². The Morgan fingerprint density at radius 3 is 1.88 bits per heavy atom. The van der Waals surface area contributed by atoms with Crippen molar-refractivity contribution < 1.29 is 30.7 Å². The van der Waals surface area contributed by atoms with Crippen molar-refractivity contribution in [1.82, 2.24) is 0 Å². The minimum absolute atomic E-state index is 0. The van der Waals surface area contributed by atoms with Crippen LogP contribution in [-0.2, 0) is 30.7 Å². The van der Waals surface area contributed by atoms with Crippen LogP contribution in [0.2, 0.25) is 0 Å². The Labute approximate surface area is 62.9 Å². The molecule has 46 valence electrons. The van der Waals surface area contributed by atoms with Gasteiger partial charge in [0.05, 0.1) is 0 Å². The Balaban J connectivity index is 0. The van der Waals surface area contributed by atoms with Gasteiger partial charge in [-0.15, -0.1) is 0 Å². The first-order valence-electron chi connectivity index (χ1n) is 1.97. The van der Waals surface area contributed by atoms with Crippen LogP contribution in [0, 0.1) is 6.92 Å². The number of carbonyl (C=O) groups is 2. The van der Waals surface area contributed by atoms with Crippen LogP contribution in [0.15, 0.2) is 0 Å². The van der Waals surface area contributed by atoms with Crippen molar-refractivity contribution in [2.45, 2.75) is 13.3 Å². The number of hydrogen-bond donors (Lipinski definition) is 0. The van der Waals surface area contributed by atoms with E-state index in [2.05, 4.69) is 6.92 Å². The number of carbonyl (C=O) groups excluding carboxylic acids is 2. The standard InChI is InChI=1S/C5H7O2.W/c1-4(6)3-5(2)7;/h1,3H2,2H3;/q-1;. The van der Waals surface area contributed by atoms with Gasteiger partial charge in [-0.2, -0.15) is 0 Å². The molecule has 3 heteroatoms. The van der Waals surface area contributed by atoms with Gasteiger partial charge in [0.15, 0.2) is 0 Å². The molecule has 0 saturated carbocycles. The fourth-order valence-electron chi connectivity index (χ4n) is 0.278. The van der Waals surface area contributed by atoms with Crippen LogP contribution in [-0.4, -0.2) is 11.6 Å². The predicted molar refractivity (Wildman–Crippen MR) is 25.7 cm³/mol. The van der Waals surface area contributed by atoms with Crippen LogP contribution in [0.25, 0.3) is 0 Å². The summed E-state index contributed by atoms with van der Waals surface area (Å²) in [5.74, 6) is -0.437. The van der Waals surface area contributed by atoms with Gasteiger partial charge >= 0.3 is 0 Å². The van der Waals surface area contributed by atoms with Crippen molar-refractivity contribution in [3.05, 3.63) is 6.92 Å². The first-order valence-corrected chi connectivity index (χ1v) is 1.97. The molecule has 0 aromatic carbocycles. The van der Waals surface area contributed by atoms with E-state index in [4.69, 9.17) is 0 Å². The topological polar surface area (TPSA) is 34.1 Å². The number of ketones is 2. The SMILES string of the molecule is [CH2-]C(=O)CC(C)=O.[W]. The van der Waals surface area contributed by atoms with E-state index in [1.165, 1.54) is 6.92 Å². The summed E-state index contributed by atoms with van der Waals surface area (Å²) in [6, 6.07) is 0. The maximum absolute atomic E-state index is 9.99. The molecule has 0 aliphatic carbocycles. The molecule has 0 heterocycles. The van der Waals surface area contributed by atoms with E-state index in [0.29, 0.717) is 0 Å². The van der Waals surface area contributed by atoms with Crippen molar-refractivity contribution >= 4 is 11.6 Å². The van der Waals surface area contributed by atoms with Gasteiger partial charge in [-0.3, -0.25) is 4.79 Å². The molecule has 0 amide bonds. The maximum Gasteiger partial charge on any atom is 0.134 e. The van der Waals surface area contributed by atoms with Crippen molar-refractivity contribution in [3.8, 4) is 0 Å². The van der Waals surface area contributed by atoms with Crippen LogP contribution < -0.4 is 0 Å². The Hall–Kier alpha value is -0.102. The van der Waals surface area contributed by atoms with E-state index in [1.807, 2.05) is 0 Å². The molecule has 0 saturated heterocycles. The van der Waals surface area contributed by atoms with E-state index in [1.54, 1.807) is 0 Å². The summed E-state index contributed by atoms with van der Waals surface area (Å²) in [4.78, 5) is 19.9. The monoisotopic (exact) mass is 283 g/mol. The second-order valence-electron chi connectivity index (χ2n) is 1.42. The van der Waals surface area contributed by atoms with Crippen molar-refractivity contribution in [2.24, 2.45) is 0 Å². The smallest absolute Gasteiger partial charge is 0.134 e. The molecule has 0 bridgehead atoms. The van der Waals surface area contributed by atoms with Gasteiger partial charge in [-0.1, -0.05) is 0 Å². The van der Waals surface area contributed by atoms with Gasteiger partial charge in [0, 0.05) is 33.3 Å². The summed E-state index contributed by atoms with van der Waals surface area (Å²) < 4.78 is 0. The van der Waals surface area contributed by atoms with Crippen LogP contribution in [0.3, 0.4) is 0 Å². The molecule has 0 radical (unpaired) electrons. The molecule has 0 fully saturated rings. The average Bonchev–Trinajstić information content (AvgIpc) is 1.27. The third kappa shape index (κ3) is 9.31. The summed E-state index contributed by atoms with van der Waals surface area (Å²) in [6.45, 7) is 4.38. The normalized spacial score (nSPS) is 7.12. The number of Topliss-reactive ketones (excluding diaryl/α,β-unsaturated/α-hetero) is 2. The van der Waals surface area contributed by atoms with Gasteiger partial charge in [0.2, 0.25) is 0 Å². The molecular weight excluding hydrogens is 276 g/mol. The van der Waals surface area contributed by atoms with E-state index < -0.39 is 0 Å². The number of rotatable bonds is 2. The third-order valence-corrected chi connectivity index (χ3v) is 0.446. The average molecular weight is 283 g/mol. The Morgan fingerprint density at radius 1 is 1.50 bits per heavy atom. The second kappa shape index (κ2) is 5.04. The van der Waals surface area contributed by atoms with Crippen LogP contribution >= 0.6 is 0 Å². The molecule has 0 atom stereocenters. The van der Waals surface area contributed by atoms with Crippen molar-refractivity contribution in [1.29, 1.82) is 0 Å². The van der Waals surface area contributed by atoms with Gasteiger partial charge in [0.1, 0.15) is 5.78 Å². The van der Waals surface area contributed by atoms with E-state index in [-0.39, 0.29) is 39.1 Å². The Morgan fingerprint density at radius 2 is 1.88 bits per heavy atom. The molecule has 0 spiro atoms. The summed E-state index contributed by atoms with van der Waals surface area (Å²) in [5.41, 5.74) is 0. The molecule has 0 aliphatic rings. The summed E-state index contributed by atoms with van der Waals surface area (Å²) in [6.07, 6.45) is -0.0278. The fourth-order valence-corrected chi connectivity index (χ4v) is 0.278. The second-order valence-corrected chi connectivity index (χ2v) is 1.42. The van der Waals surface area contributed by atoms with Crippen molar-refractivity contribution in [3.63, 3.8) is 0 Å². The van der Waals surface area contributed by atoms with Crippen LogP contribution in [0.5, 0.6) is 0 Å². The molecule has 0 N–H and O–H groups in total. The summed E-state index contributed by atoms with van der Waals surface area (Å²) in [5, 5.41) is 0. The van der Waals surface area contributed by atoms with Gasteiger partial charge < -0.3 is 11.7 Å². The summed E-state index contributed by atoms with van der Waals surface area (Å²) in [7, 11) is 0. The van der Waals surface area contributed by atoms with Crippen molar-refractivity contribution in [2.75, 3.05) is 0 Å². The largest absolute Gasteiger partial charge is 0.339 e. The third-order valence-electron chi connectivity index (χ3n) is 0.446. The van der Waals surface area contributed by atoms with Gasteiger partial charge in [0.25, 0.3) is 0 Å². The fraction of sp³-hybridized carbons (Fsp3) is 0.400. The zero-order chi connectivity index (χ0) is 5.86. The zero-order valence-corrected chi connectivity index (χ0v) is 7.57. The summed E-state index contributed by atoms with van der Waals surface area (Å²) >= 11 is 0. The predicted octanol–water partition coefficient (Wildman–Crippen LogP) is 0.366. The molecule has 8 heavy (non-hydrogen) atoms. The Bertz CT molecular complexity index is 86.6. The minimum Gasteiger partial charge on any atom is -0.339 e. The molecule has 0 aromatic rings. The van der Waals surface area contributed by atoms with E-state index in [9.17, 15) is 9.59 Å². The van der Waals surface area contributed by atoms with E-state index in [0.717, 1.165) is 0 Å². The molecule has 0 rings (SSSR count). The molecule has 0 aromatic heterocycles. The maximum atomic E-state index is 9.99. The Kier molecular flexibility index (Phi) is 6.81. The molecule has 0 aliphatic heterocycles. The van der Waals surface area contributed by atoms with Crippen LogP contribution in [0.4, 0.5) is 0 Å². The van der Waals surface area contributed by atoms with E-state index >= 15 is 0 Å².